The van der Waals surface area contributed by atoms with Crippen LogP contribution in [0.3, 0.4) is 0 Å². The first kappa shape index (κ1) is 26.2. The number of aliphatic carboxylic acids is 2. The quantitative estimate of drug-likeness (QED) is 0.156. The number of carboxylic acids is 2. The molecule has 26 heavy (non-hydrogen) atoms. The molecule has 8 atom stereocenters. The monoisotopic (exact) mass is 388 g/mol. The Morgan fingerprint density at radius 1 is 0.538 bits per heavy atom. The van der Waals surface area contributed by atoms with Gasteiger partial charge in [0, 0.05) is 0 Å². The smallest absolute Gasteiger partial charge is 0.335 e. The van der Waals surface area contributed by atoms with Gasteiger partial charge in [-0.15, -0.1) is 0 Å². The van der Waals surface area contributed by atoms with Crippen molar-refractivity contribution < 1.29 is 70.2 Å². The molecule has 0 saturated heterocycles. The number of aldehydes is 2. The number of carbonyl (C=O) groups excluding carboxylic acids is 2. The van der Waals surface area contributed by atoms with Gasteiger partial charge in [0.1, 0.15) is 36.6 Å². The first-order valence-electron chi connectivity index (χ1n) is 6.64. The predicted octanol–water partition coefficient (Wildman–Crippen LogP) is -6.57. The zero-order valence-corrected chi connectivity index (χ0v) is 12.9. The van der Waals surface area contributed by atoms with Gasteiger partial charge in [-0.25, -0.2) is 9.59 Å². The zero-order chi connectivity index (χ0) is 21.2. The molecule has 0 radical (unpaired) electrons. The maximum Gasteiger partial charge on any atom is 0.335 e. The minimum Gasteiger partial charge on any atom is -0.479 e. The van der Waals surface area contributed by atoms with Gasteiger partial charge in [0.25, 0.3) is 0 Å². The standard InChI is InChI=1S/2C6H10O7/c2*7-1-2(8)3(9)4(10)5(11)6(12)13/h2*1-5,8-11H,(H,12,13). The fraction of sp³-hybridized carbons (Fsp3) is 0.667. The van der Waals surface area contributed by atoms with Crippen molar-refractivity contribution in [2.45, 2.75) is 48.8 Å². The molecule has 0 heterocycles. The van der Waals surface area contributed by atoms with E-state index in [0.29, 0.717) is 0 Å². The normalized spacial score (nSPS) is 20.0. The zero-order valence-electron chi connectivity index (χ0n) is 12.9. The van der Waals surface area contributed by atoms with E-state index >= 15 is 0 Å². The molecule has 10 N–H and O–H groups in total. The van der Waals surface area contributed by atoms with E-state index < -0.39 is 60.8 Å². The van der Waals surface area contributed by atoms with Gasteiger partial charge >= 0.3 is 11.9 Å². The molecule has 0 aliphatic heterocycles. The Bertz CT molecular complexity index is 425. The molecule has 0 aromatic heterocycles. The Morgan fingerprint density at radius 3 is 0.923 bits per heavy atom. The summed E-state index contributed by atoms with van der Waals surface area (Å²) in [4.78, 5) is 39.9. The summed E-state index contributed by atoms with van der Waals surface area (Å²) in [7, 11) is 0. The molecule has 0 aliphatic carbocycles. The Morgan fingerprint density at radius 2 is 0.769 bits per heavy atom. The van der Waals surface area contributed by atoms with E-state index in [4.69, 9.17) is 51.1 Å². The minimum absolute atomic E-state index is 0.0809. The van der Waals surface area contributed by atoms with Crippen molar-refractivity contribution in [3.63, 3.8) is 0 Å². The van der Waals surface area contributed by atoms with Crippen LogP contribution < -0.4 is 0 Å². The van der Waals surface area contributed by atoms with Gasteiger partial charge in [-0.1, -0.05) is 0 Å². The summed E-state index contributed by atoms with van der Waals surface area (Å²) in [6, 6.07) is 0. The molecule has 0 amide bonds. The van der Waals surface area contributed by atoms with Crippen molar-refractivity contribution in [1.82, 2.24) is 0 Å². The highest BCUT2D eigenvalue weighted by Crippen LogP contribution is 2.04. The summed E-state index contributed by atoms with van der Waals surface area (Å²) < 4.78 is 0. The van der Waals surface area contributed by atoms with Gasteiger partial charge in [-0.3, -0.25) is 0 Å². The van der Waals surface area contributed by atoms with Crippen LogP contribution in [0.4, 0.5) is 0 Å². The Kier molecular flexibility index (Phi) is 12.4. The number of aliphatic hydroxyl groups excluding tert-OH is 8. The fourth-order valence-electron chi connectivity index (χ4n) is 1.23. The van der Waals surface area contributed by atoms with Crippen LogP contribution in [0, 0.1) is 0 Å². The van der Waals surface area contributed by atoms with Gasteiger partial charge in [0.2, 0.25) is 0 Å². The third-order valence-corrected chi connectivity index (χ3v) is 2.83. The molecule has 14 nitrogen and oxygen atoms in total. The van der Waals surface area contributed by atoms with Crippen LogP contribution in [0.15, 0.2) is 0 Å². The molecular formula is C12H20O14. The van der Waals surface area contributed by atoms with E-state index in [-0.39, 0.29) is 12.6 Å². The third-order valence-electron chi connectivity index (χ3n) is 2.83. The molecule has 8 unspecified atom stereocenters. The fourth-order valence-corrected chi connectivity index (χ4v) is 1.23. The molecular weight excluding hydrogens is 368 g/mol. The molecule has 0 spiro atoms. The van der Waals surface area contributed by atoms with Crippen molar-refractivity contribution in [3.8, 4) is 0 Å². The second-order valence-electron chi connectivity index (χ2n) is 4.78. The minimum atomic E-state index is -2.25. The molecule has 152 valence electrons. The van der Waals surface area contributed by atoms with Crippen LogP contribution in [-0.4, -0.2) is 124 Å². The molecule has 0 rings (SSSR count). The van der Waals surface area contributed by atoms with Gasteiger partial charge in [0.05, 0.1) is 0 Å². The van der Waals surface area contributed by atoms with Gasteiger partial charge in [-0.2, -0.15) is 0 Å². The second-order valence-corrected chi connectivity index (χ2v) is 4.78. The lowest BCUT2D eigenvalue weighted by atomic mass is 10.0. The summed E-state index contributed by atoms with van der Waals surface area (Å²) in [5.41, 5.74) is 0. The van der Waals surface area contributed by atoms with E-state index in [1.54, 1.807) is 0 Å². The summed E-state index contributed by atoms with van der Waals surface area (Å²) in [6.07, 6.45) is -16.8. The van der Waals surface area contributed by atoms with E-state index in [2.05, 4.69) is 0 Å². The van der Waals surface area contributed by atoms with Gasteiger partial charge in [0.15, 0.2) is 24.8 Å². The second kappa shape index (κ2) is 12.3. The van der Waals surface area contributed by atoms with Gasteiger partial charge < -0.3 is 60.7 Å². The highest BCUT2D eigenvalue weighted by atomic mass is 16.4. The maximum atomic E-state index is 10.1. The molecule has 0 saturated carbocycles. The molecule has 0 aromatic carbocycles. The van der Waals surface area contributed by atoms with Crippen LogP contribution in [-0.2, 0) is 19.2 Å². The highest BCUT2D eigenvalue weighted by Gasteiger charge is 2.34. The lowest BCUT2D eigenvalue weighted by Crippen LogP contribution is -2.48. The van der Waals surface area contributed by atoms with Crippen molar-refractivity contribution in [3.05, 3.63) is 0 Å². The highest BCUT2D eigenvalue weighted by molar-refractivity contribution is 5.73. The predicted molar refractivity (Wildman–Crippen MR) is 75.5 cm³/mol. The lowest BCUT2D eigenvalue weighted by Gasteiger charge is -2.21. The molecule has 14 heteroatoms. The summed E-state index contributed by atoms with van der Waals surface area (Å²) in [5, 5.41) is 86.4. The third kappa shape index (κ3) is 8.37. The van der Waals surface area contributed by atoms with Crippen LogP contribution in [0.25, 0.3) is 0 Å². The Hall–Kier alpha value is -2.04. The van der Waals surface area contributed by atoms with E-state index in [1.807, 2.05) is 0 Å². The number of hydrogen-bond donors (Lipinski definition) is 10. The lowest BCUT2D eigenvalue weighted by molar-refractivity contribution is -0.164. The van der Waals surface area contributed by atoms with Crippen molar-refractivity contribution in [1.29, 1.82) is 0 Å². The average molecular weight is 388 g/mol. The Balaban J connectivity index is 0. The van der Waals surface area contributed by atoms with Crippen LogP contribution in [0.1, 0.15) is 0 Å². The van der Waals surface area contributed by atoms with Crippen molar-refractivity contribution in [2.75, 3.05) is 0 Å². The average Bonchev–Trinajstić information content (AvgIpc) is 2.62. The van der Waals surface area contributed by atoms with E-state index in [9.17, 15) is 19.2 Å². The summed E-state index contributed by atoms with van der Waals surface area (Å²) in [6.45, 7) is 0. The SMILES string of the molecule is O=CC(O)C(O)C(O)C(O)C(=O)O.O=CC(O)C(O)C(O)C(O)C(=O)O. The largest absolute Gasteiger partial charge is 0.479 e. The maximum absolute atomic E-state index is 10.1. The topological polar surface area (TPSA) is 271 Å². The first-order valence-corrected chi connectivity index (χ1v) is 6.64. The van der Waals surface area contributed by atoms with E-state index in [1.165, 1.54) is 0 Å². The number of rotatable bonds is 10. The van der Waals surface area contributed by atoms with Crippen LogP contribution in [0.2, 0.25) is 0 Å². The van der Waals surface area contributed by atoms with Crippen molar-refractivity contribution >= 4 is 24.5 Å². The molecule has 0 bridgehead atoms. The first-order chi connectivity index (χ1) is 11.8. The Labute approximate surface area is 144 Å². The number of carboxylic acid groups (broad SMARTS) is 2. The summed E-state index contributed by atoms with van der Waals surface area (Å²) >= 11 is 0. The van der Waals surface area contributed by atoms with E-state index in [0.717, 1.165) is 0 Å². The molecule has 0 fully saturated rings. The van der Waals surface area contributed by atoms with Crippen LogP contribution in [0.5, 0.6) is 0 Å². The number of hydrogen-bond acceptors (Lipinski definition) is 12. The molecule has 0 aromatic rings. The van der Waals surface area contributed by atoms with Crippen molar-refractivity contribution in [2.24, 2.45) is 0 Å². The molecule has 0 aliphatic rings. The summed E-state index contributed by atoms with van der Waals surface area (Å²) in [5.74, 6) is -3.52. The van der Waals surface area contributed by atoms with Crippen LogP contribution >= 0.6 is 0 Å². The van der Waals surface area contributed by atoms with Gasteiger partial charge in [-0.05, 0) is 0 Å². The number of aliphatic hydroxyl groups is 8. The number of carbonyl (C=O) groups is 4.